The van der Waals surface area contributed by atoms with Crippen molar-refractivity contribution in [3.8, 4) is 0 Å². The Kier molecular flexibility index (Phi) is 5.79. The van der Waals surface area contributed by atoms with Crippen LogP contribution >= 0.6 is 0 Å². The molecule has 1 aromatic heterocycles. The van der Waals surface area contributed by atoms with E-state index in [1.807, 2.05) is 24.5 Å². The fourth-order valence-corrected chi connectivity index (χ4v) is 3.43. The number of nitrogens with zero attached hydrogens (tertiary/aromatic N) is 3. The number of pyridine rings is 1. The van der Waals surface area contributed by atoms with E-state index in [2.05, 4.69) is 34.0 Å². The van der Waals surface area contributed by atoms with E-state index < -0.39 is 5.97 Å². The second-order valence-corrected chi connectivity index (χ2v) is 6.80. The van der Waals surface area contributed by atoms with Gasteiger partial charge in [0, 0.05) is 31.5 Å². The van der Waals surface area contributed by atoms with Gasteiger partial charge in [-0.25, -0.2) is 4.79 Å². The summed E-state index contributed by atoms with van der Waals surface area (Å²) in [5.74, 6) is -0.873. The average Bonchev–Trinajstić information content (AvgIpc) is 2.63. The van der Waals surface area contributed by atoms with Crippen molar-refractivity contribution < 1.29 is 9.90 Å². The molecular formula is C20H25N3O2. The molecule has 1 fully saturated rings. The molecule has 1 N–H and O–H groups in total. The molecule has 1 saturated heterocycles. The van der Waals surface area contributed by atoms with Crippen molar-refractivity contribution in [1.82, 2.24) is 14.8 Å². The number of carbonyl (C=O) groups is 1. The maximum absolute atomic E-state index is 11.2. The highest BCUT2D eigenvalue weighted by Crippen LogP contribution is 2.21. The highest BCUT2D eigenvalue weighted by Gasteiger charge is 2.23. The molecule has 0 aliphatic carbocycles. The molecule has 1 aliphatic rings. The number of aromatic carboxylic acids is 1. The Labute approximate surface area is 148 Å². The number of carboxylic acids is 1. The molecule has 25 heavy (non-hydrogen) atoms. The second kappa shape index (κ2) is 8.23. The Morgan fingerprint density at radius 1 is 1.16 bits per heavy atom. The number of likely N-dealkylation sites (tertiary alicyclic amines) is 1. The van der Waals surface area contributed by atoms with Crippen LogP contribution in [0.25, 0.3) is 0 Å². The van der Waals surface area contributed by atoms with Crippen LogP contribution in [0.5, 0.6) is 0 Å². The fraction of sp³-hybridized carbons (Fsp3) is 0.400. The highest BCUT2D eigenvalue weighted by molar-refractivity contribution is 5.87. The van der Waals surface area contributed by atoms with Gasteiger partial charge in [-0.2, -0.15) is 0 Å². The van der Waals surface area contributed by atoms with E-state index in [9.17, 15) is 9.90 Å². The van der Waals surface area contributed by atoms with Crippen molar-refractivity contribution in [3.05, 3.63) is 65.5 Å². The quantitative estimate of drug-likeness (QED) is 0.877. The normalized spacial score (nSPS) is 16.2. The largest absolute Gasteiger partial charge is 0.478 e. The van der Waals surface area contributed by atoms with Crippen LogP contribution in [0.4, 0.5) is 0 Å². The molecule has 2 aromatic rings. The first kappa shape index (κ1) is 17.6. The first-order chi connectivity index (χ1) is 12.1. The molecule has 3 rings (SSSR count). The van der Waals surface area contributed by atoms with E-state index in [0.717, 1.165) is 44.6 Å². The lowest BCUT2D eigenvalue weighted by Crippen LogP contribution is -2.43. The molecule has 132 valence electrons. The van der Waals surface area contributed by atoms with E-state index in [0.29, 0.717) is 11.6 Å². The first-order valence-corrected chi connectivity index (χ1v) is 8.75. The third kappa shape index (κ3) is 4.87. The van der Waals surface area contributed by atoms with E-state index in [4.69, 9.17) is 0 Å². The van der Waals surface area contributed by atoms with Gasteiger partial charge in [0.15, 0.2) is 0 Å². The summed E-state index contributed by atoms with van der Waals surface area (Å²) >= 11 is 0. The van der Waals surface area contributed by atoms with Gasteiger partial charge >= 0.3 is 5.97 Å². The van der Waals surface area contributed by atoms with Crippen LogP contribution in [-0.4, -0.2) is 52.0 Å². The van der Waals surface area contributed by atoms with Gasteiger partial charge in [-0.05, 0) is 68.4 Å². The van der Waals surface area contributed by atoms with Crippen molar-refractivity contribution in [2.45, 2.75) is 32.0 Å². The lowest BCUT2D eigenvalue weighted by Gasteiger charge is -2.37. The zero-order chi connectivity index (χ0) is 17.6. The minimum absolute atomic E-state index is 0.352. The Balaban J connectivity index is 1.78. The molecule has 5 nitrogen and oxygen atoms in total. The van der Waals surface area contributed by atoms with E-state index >= 15 is 0 Å². The average molecular weight is 339 g/mol. The lowest BCUT2D eigenvalue weighted by atomic mass is 10.0. The minimum atomic E-state index is -0.873. The summed E-state index contributed by atoms with van der Waals surface area (Å²) in [6.07, 6.45) is 5.93. The Morgan fingerprint density at radius 2 is 1.84 bits per heavy atom. The first-order valence-electron chi connectivity index (χ1n) is 8.75. The zero-order valence-corrected chi connectivity index (χ0v) is 14.6. The van der Waals surface area contributed by atoms with Crippen molar-refractivity contribution in [2.75, 3.05) is 20.1 Å². The summed E-state index contributed by atoms with van der Waals surface area (Å²) in [7, 11) is 2.17. The van der Waals surface area contributed by atoms with Crippen LogP contribution in [0.3, 0.4) is 0 Å². The Hall–Kier alpha value is -2.24. The number of aromatic nitrogens is 1. The van der Waals surface area contributed by atoms with Gasteiger partial charge in [0.2, 0.25) is 0 Å². The van der Waals surface area contributed by atoms with E-state index in [1.54, 1.807) is 12.1 Å². The molecule has 0 spiro atoms. The van der Waals surface area contributed by atoms with E-state index in [1.165, 1.54) is 5.56 Å². The van der Waals surface area contributed by atoms with Gasteiger partial charge in [0.05, 0.1) is 5.56 Å². The molecule has 0 unspecified atom stereocenters. The Bertz CT molecular complexity index is 697. The predicted octanol–water partition coefficient (Wildman–Crippen LogP) is 2.88. The summed E-state index contributed by atoms with van der Waals surface area (Å²) < 4.78 is 0. The topological polar surface area (TPSA) is 56.7 Å². The summed E-state index contributed by atoms with van der Waals surface area (Å²) in [6.45, 7) is 3.82. The van der Waals surface area contributed by atoms with Gasteiger partial charge in [-0.3, -0.25) is 9.88 Å². The van der Waals surface area contributed by atoms with E-state index in [-0.39, 0.29) is 0 Å². The molecule has 1 aromatic carbocycles. The molecule has 0 bridgehead atoms. The summed E-state index contributed by atoms with van der Waals surface area (Å²) in [5.41, 5.74) is 2.64. The summed E-state index contributed by atoms with van der Waals surface area (Å²) in [5, 5.41) is 9.23. The summed E-state index contributed by atoms with van der Waals surface area (Å²) in [4.78, 5) is 20.2. The molecule has 1 aliphatic heterocycles. The third-order valence-corrected chi connectivity index (χ3v) is 4.90. The standard InChI is InChI=1S/C20H25N3O2/c1-22-11-7-19(8-12-22)23(14-16-5-9-21-10-6-16)15-17-3-2-4-18(13-17)20(24)25/h2-6,9-10,13,19H,7-8,11-12,14-15H2,1H3,(H,24,25). The van der Waals surface area contributed by atoms with Gasteiger partial charge in [0.1, 0.15) is 0 Å². The van der Waals surface area contributed by atoms with Crippen LogP contribution < -0.4 is 0 Å². The number of piperidine rings is 1. The molecule has 0 amide bonds. The SMILES string of the molecule is CN1CCC(N(Cc2ccncc2)Cc2cccc(C(=O)O)c2)CC1. The lowest BCUT2D eigenvalue weighted by molar-refractivity contribution is 0.0696. The van der Waals surface area contributed by atoms with Gasteiger partial charge < -0.3 is 10.0 Å². The number of hydrogen-bond donors (Lipinski definition) is 1. The van der Waals surface area contributed by atoms with Crippen LogP contribution in [0.2, 0.25) is 0 Å². The van der Waals surface area contributed by atoms with Crippen molar-refractivity contribution in [1.29, 1.82) is 0 Å². The van der Waals surface area contributed by atoms with Crippen LogP contribution in [0.1, 0.15) is 34.3 Å². The maximum atomic E-state index is 11.2. The smallest absolute Gasteiger partial charge is 0.335 e. The number of rotatable bonds is 6. The molecule has 0 atom stereocenters. The summed E-state index contributed by atoms with van der Waals surface area (Å²) in [6, 6.07) is 11.9. The molecule has 5 heteroatoms. The number of benzene rings is 1. The monoisotopic (exact) mass is 339 g/mol. The highest BCUT2D eigenvalue weighted by atomic mass is 16.4. The molecule has 0 saturated carbocycles. The van der Waals surface area contributed by atoms with Gasteiger partial charge in [-0.15, -0.1) is 0 Å². The maximum Gasteiger partial charge on any atom is 0.335 e. The fourth-order valence-electron chi connectivity index (χ4n) is 3.43. The van der Waals surface area contributed by atoms with Crippen molar-refractivity contribution in [2.24, 2.45) is 0 Å². The van der Waals surface area contributed by atoms with Crippen LogP contribution in [0.15, 0.2) is 48.8 Å². The predicted molar refractivity (Wildman–Crippen MR) is 97.4 cm³/mol. The number of hydrogen-bond acceptors (Lipinski definition) is 4. The third-order valence-electron chi connectivity index (χ3n) is 4.90. The van der Waals surface area contributed by atoms with Gasteiger partial charge in [-0.1, -0.05) is 12.1 Å². The van der Waals surface area contributed by atoms with Crippen LogP contribution in [-0.2, 0) is 13.1 Å². The van der Waals surface area contributed by atoms with Crippen molar-refractivity contribution >= 4 is 5.97 Å². The molecule has 0 radical (unpaired) electrons. The molecular weight excluding hydrogens is 314 g/mol. The molecule has 2 heterocycles. The zero-order valence-electron chi connectivity index (χ0n) is 14.6. The Morgan fingerprint density at radius 3 is 2.52 bits per heavy atom. The second-order valence-electron chi connectivity index (χ2n) is 6.80. The van der Waals surface area contributed by atoms with Crippen LogP contribution in [0, 0.1) is 0 Å². The number of carboxylic acid groups (broad SMARTS) is 1. The van der Waals surface area contributed by atoms with Crippen molar-refractivity contribution in [3.63, 3.8) is 0 Å². The minimum Gasteiger partial charge on any atom is -0.478 e. The van der Waals surface area contributed by atoms with Gasteiger partial charge in [0.25, 0.3) is 0 Å².